The van der Waals surface area contributed by atoms with E-state index in [9.17, 15) is 9.59 Å². The smallest absolute Gasteiger partial charge is 0.241 e. The first-order valence-electron chi connectivity index (χ1n) is 7.71. The number of para-hydroxylation sites is 1. The zero-order valence-electron chi connectivity index (χ0n) is 13.7. The highest BCUT2D eigenvalue weighted by atomic mass is 16.2. The van der Waals surface area contributed by atoms with Gasteiger partial charge < -0.3 is 5.32 Å². The maximum atomic E-state index is 12.4. The molecule has 0 heterocycles. The monoisotopic (exact) mass is 310 g/mol. The van der Waals surface area contributed by atoms with E-state index in [-0.39, 0.29) is 23.8 Å². The first kappa shape index (κ1) is 16.9. The fourth-order valence-electron chi connectivity index (χ4n) is 2.43. The van der Waals surface area contributed by atoms with Crippen LogP contribution in [-0.2, 0) is 4.79 Å². The van der Waals surface area contributed by atoms with Gasteiger partial charge in [0, 0.05) is 11.6 Å². The third kappa shape index (κ3) is 4.50. The number of hydrogen-bond donors (Lipinski definition) is 2. The topological polar surface area (TPSA) is 58.2 Å². The van der Waals surface area contributed by atoms with Crippen molar-refractivity contribution in [3.63, 3.8) is 0 Å². The molecule has 2 aromatic rings. The number of rotatable bonds is 6. The average Bonchev–Trinajstić information content (AvgIpc) is 2.55. The van der Waals surface area contributed by atoms with E-state index < -0.39 is 0 Å². The number of benzene rings is 2. The summed E-state index contributed by atoms with van der Waals surface area (Å²) in [4.78, 5) is 24.0. The fraction of sp³-hybridized carbons (Fsp3) is 0.263. The Morgan fingerprint density at radius 2 is 1.52 bits per heavy atom. The highest BCUT2D eigenvalue weighted by molar-refractivity contribution is 6.04. The summed E-state index contributed by atoms with van der Waals surface area (Å²) in [7, 11) is 0. The zero-order chi connectivity index (χ0) is 16.8. The SMILES string of the molecule is CC(=O)c1ccccc1NC(=O)[C@@H](C)N[C@H](C)c1ccccc1. The highest BCUT2D eigenvalue weighted by Gasteiger charge is 2.18. The van der Waals surface area contributed by atoms with Gasteiger partial charge in [-0.25, -0.2) is 0 Å². The van der Waals surface area contributed by atoms with Gasteiger partial charge in [0.25, 0.3) is 0 Å². The number of hydrogen-bond acceptors (Lipinski definition) is 3. The average molecular weight is 310 g/mol. The largest absolute Gasteiger partial charge is 0.324 e. The molecule has 0 saturated heterocycles. The first-order valence-corrected chi connectivity index (χ1v) is 7.71. The number of ketones is 1. The summed E-state index contributed by atoms with van der Waals surface area (Å²) in [5.74, 6) is -0.236. The van der Waals surface area contributed by atoms with E-state index in [4.69, 9.17) is 0 Å². The van der Waals surface area contributed by atoms with E-state index in [1.54, 1.807) is 24.3 Å². The van der Waals surface area contributed by atoms with E-state index >= 15 is 0 Å². The van der Waals surface area contributed by atoms with Crippen LogP contribution in [0.15, 0.2) is 54.6 Å². The van der Waals surface area contributed by atoms with Gasteiger partial charge in [-0.3, -0.25) is 14.9 Å². The van der Waals surface area contributed by atoms with Crippen LogP contribution in [0, 0.1) is 0 Å². The quantitative estimate of drug-likeness (QED) is 0.802. The maximum absolute atomic E-state index is 12.4. The highest BCUT2D eigenvalue weighted by Crippen LogP contribution is 2.17. The summed E-state index contributed by atoms with van der Waals surface area (Å²) in [5.41, 5.74) is 2.19. The Kier molecular flexibility index (Phi) is 5.66. The lowest BCUT2D eigenvalue weighted by molar-refractivity contribution is -0.117. The predicted molar refractivity (Wildman–Crippen MR) is 92.5 cm³/mol. The van der Waals surface area contributed by atoms with Crippen LogP contribution >= 0.6 is 0 Å². The molecule has 0 aliphatic carbocycles. The van der Waals surface area contributed by atoms with E-state index in [0.717, 1.165) is 5.56 Å². The molecule has 23 heavy (non-hydrogen) atoms. The van der Waals surface area contributed by atoms with Crippen LogP contribution < -0.4 is 10.6 Å². The Morgan fingerprint density at radius 1 is 0.913 bits per heavy atom. The van der Waals surface area contributed by atoms with Gasteiger partial charge in [0.05, 0.1) is 11.7 Å². The van der Waals surface area contributed by atoms with Crippen LogP contribution in [0.4, 0.5) is 5.69 Å². The van der Waals surface area contributed by atoms with Crippen molar-refractivity contribution < 1.29 is 9.59 Å². The molecule has 2 aromatic carbocycles. The van der Waals surface area contributed by atoms with Crippen molar-refractivity contribution in [2.24, 2.45) is 0 Å². The molecule has 0 unspecified atom stereocenters. The molecule has 2 rings (SSSR count). The molecule has 0 radical (unpaired) electrons. The summed E-state index contributed by atoms with van der Waals surface area (Å²) in [6.45, 7) is 5.32. The van der Waals surface area contributed by atoms with Gasteiger partial charge in [-0.1, -0.05) is 42.5 Å². The van der Waals surface area contributed by atoms with Gasteiger partial charge in [0.15, 0.2) is 5.78 Å². The molecule has 0 saturated carbocycles. The van der Waals surface area contributed by atoms with E-state index in [2.05, 4.69) is 10.6 Å². The molecule has 0 aromatic heterocycles. The molecule has 0 aliphatic rings. The van der Waals surface area contributed by atoms with Gasteiger partial charge in [0.2, 0.25) is 5.91 Å². The molecule has 1 amide bonds. The predicted octanol–water partition coefficient (Wildman–Crippen LogP) is 3.57. The van der Waals surface area contributed by atoms with Gasteiger partial charge in [-0.2, -0.15) is 0 Å². The number of carbonyl (C=O) groups is 2. The Balaban J connectivity index is 2.02. The van der Waals surface area contributed by atoms with Gasteiger partial charge in [-0.05, 0) is 38.5 Å². The number of carbonyl (C=O) groups excluding carboxylic acids is 2. The second kappa shape index (κ2) is 7.70. The molecule has 0 bridgehead atoms. The second-order valence-corrected chi connectivity index (χ2v) is 5.61. The van der Waals surface area contributed by atoms with Crippen molar-refractivity contribution in [2.75, 3.05) is 5.32 Å². The lowest BCUT2D eigenvalue weighted by Crippen LogP contribution is -2.39. The number of Topliss-reactive ketones (excluding diaryl/α,β-unsaturated/α-hetero) is 1. The molecule has 0 fully saturated rings. The van der Waals surface area contributed by atoms with Crippen LogP contribution in [0.3, 0.4) is 0 Å². The second-order valence-electron chi connectivity index (χ2n) is 5.61. The Labute approximate surface area is 136 Å². The molecule has 4 nitrogen and oxygen atoms in total. The van der Waals surface area contributed by atoms with E-state index in [1.807, 2.05) is 44.2 Å². The third-order valence-corrected chi connectivity index (χ3v) is 3.76. The van der Waals surface area contributed by atoms with Gasteiger partial charge in [0.1, 0.15) is 0 Å². The lowest BCUT2D eigenvalue weighted by Gasteiger charge is -2.20. The van der Waals surface area contributed by atoms with Crippen molar-refractivity contribution in [2.45, 2.75) is 32.9 Å². The molecule has 0 spiro atoms. The standard InChI is InChI=1S/C19H22N2O2/c1-13(16-9-5-4-6-10-16)20-14(2)19(23)21-18-12-8-7-11-17(18)15(3)22/h4-14,20H,1-3H3,(H,21,23)/t13-,14-/m1/s1. The first-order chi connectivity index (χ1) is 11.0. The Hall–Kier alpha value is -2.46. The van der Waals surface area contributed by atoms with E-state index in [1.165, 1.54) is 6.92 Å². The summed E-state index contributed by atoms with van der Waals surface area (Å²) < 4.78 is 0. The maximum Gasteiger partial charge on any atom is 0.241 e. The molecule has 2 atom stereocenters. The molecule has 4 heteroatoms. The summed E-state index contributed by atoms with van der Waals surface area (Å²) in [5, 5.41) is 6.09. The van der Waals surface area contributed by atoms with Crippen LogP contribution in [0.2, 0.25) is 0 Å². The van der Waals surface area contributed by atoms with Gasteiger partial charge >= 0.3 is 0 Å². The van der Waals surface area contributed by atoms with Crippen molar-refractivity contribution in [1.82, 2.24) is 5.32 Å². The van der Waals surface area contributed by atoms with Crippen molar-refractivity contribution in [3.8, 4) is 0 Å². The summed E-state index contributed by atoms with van der Waals surface area (Å²) in [6.07, 6.45) is 0. The fourth-order valence-corrected chi connectivity index (χ4v) is 2.43. The minimum atomic E-state index is -0.384. The van der Waals surface area contributed by atoms with Crippen LogP contribution in [0.25, 0.3) is 0 Å². The minimum Gasteiger partial charge on any atom is -0.324 e. The van der Waals surface area contributed by atoms with E-state index in [0.29, 0.717) is 11.3 Å². The molecule has 120 valence electrons. The van der Waals surface area contributed by atoms with Crippen LogP contribution in [0.1, 0.15) is 42.7 Å². The van der Waals surface area contributed by atoms with Crippen molar-refractivity contribution in [1.29, 1.82) is 0 Å². The zero-order valence-corrected chi connectivity index (χ0v) is 13.7. The molecular weight excluding hydrogens is 288 g/mol. The number of nitrogens with one attached hydrogen (secondary N) is 2. The number of anilines is 1. The molecule has 0 aliphatic heterocycles. The van der Waals surface area contributed by atoms with Crippen molar-refractivity contribution >= 4 is 17.4 Å². The molecule has 2 N–H and O–H groups in total. The van der Waals surface area contributed by atoms with Crippen molar-refractivity contribution in [3.05, 3.63) is 65.7 Å². The third-order valence-electron chi connectivity index (χ3n) is 3.76. The summed E-state index contributed by atoms with van der Waals surface area (Å²) >= 11 is 0. The van der Waals surface area contributed by atoms with Crippen LogP contribution in [-0.4, -0.2) is 17.7 Å². The van der Waals surface area contributed by atoms with Gasteiger partial charge in [-0.15, -0.1) is 0 Å². The Bertz CT molecular complexity index is 683. The lowest BCUT2D eigenvalue weighted by atomic mass is 10.1. The summed E-state index contributed by atoms with van der Waals surface area (Å²) in [6, 6.07) is 16.7. The molecular formula is C19H22N2O2. The normalized spacial score (nSPS) is 13.2. The number of amides is 1. The Morgan fingerprint density at radius 3 is 2.17 bits per heavy atom. The van der Waals surface area contributed by atoms with Crippen LogP contribution in [0.5, 0.6) is 0 Å². The minimum absolute atomic E-state index is 0.0556.